The van der Waals surface area contributed by atoms with Crippen molar-refractivity contribution in [2.24, 2.45) is 11.8 Å². The first-order chi connectivity index (χ1) is 9.66. The molecular formula is C15H26N2O3. The SMILES string of the molecule is O=C(CCC1CCCCC1)NNC(=O)C1CCCC1O. The second kappa shape index (κ2) is 7.62. The highest BCUT2D eigenvalue weighted by Gasteiger charge is 2.31. The van der Waals surface area contributed by atoms with Crippen LogP contribution in [0.15, 0.2) is 0 Å². The molecule has 0 bridgehead atoms. The van der Waals surface area contributed by atoms with Gasteiger partial charge in [-0.05, 0) is 31.6 Å². The molecule has 0 heterocycles. The number of carbonyl (C=O) groups is 2. The molecule has 5 nitrogen and oxygen atoms in total. The Morgan fingerprint density at radius 2 is 1.70 bits per heavy atom. The summed E-state index contributed by atoms with van der Waals surface area (Å²) in [5, 5.41) is 9.62. The fraction of sp³-hybridized carbons (Fsp3) is 0.867. The number of amides is 2. The maximum atomic E-state index is 11.8. The average Bonchev–Trinajstić information content (AvgIpc) is 2.90. The van der Waals surface area contributed by atoms with Crippen molar-refractivity contribution in [2.45, 2.75) is 70.3 Å². The molecule has 0 aromatic heterocycles. The Morgan fingerprint density at radius 3 is 2.35 bits per heavy atom. The lowest BCUT2D eigenvalue weighted by molar-refractivity contribution is -0.133. The van der Waals surface area contributed by atoms with Crippen molar-refractivity contribution in [1.29, 1.82) is 0 Å². The van der Waals surface area contributed by atoms with Crippen LogP contribution in [-0.2, 0) is 9.59 Å². The lowest BCUT2D eigenvalue weighted by Crippen LogP contribution is -2.46. The fourth-order valence-electron chi connectivity index (χ4n) is 3.34. The molecule has 2 unspecified atom stereocenters. The van der Waals surface area contributed by atoms with Gasteiger partial charge in [-0.25, -0.2) is 0 Å². The predicted molar refractivity (Wildman–Crippen MR) is 75.4 cm³/mol. The summed E-state index contributed by atoms with van der Waals surface area (Å²) >= 11 is 0. The quantitative estimate of drug-likeness (QED) is 0.686. The Balaban J connectivity index is 1.60. The lowest BCUT2D eigenvalue weighted by atomic mass is 9.86. The molecular weight excluding hydrogens is 256 g/mol. The summed E-state index contributed by atoms with van der Waals surface area (Å²) in [6.07, 6.45) is 9.41. The van der Waals surface area contributed by atoms with E-state index >= 15 is 0 Å². The van der Waals surface area contributed by atoms with Gasteiger partial charge in [0.2, 0.25) is 11.8 Å². The zero-order valence-electron chi connectivity index (χ0n) is 12.1. The fourth-order valence-corrected chi connectivity index (χ4v) is 3.34. The highest BCUT2D eigenvalue weighted by molar-refractivity contribution is 5.83. The summed E-state index contributed by atoms with van der Waals surface area (Å²) in [5.74, 6) is -0.0899. The molecule has 2 rings (SSSR count). The van der Waals surface area contributed by atoms with Gasteiger partial charge < -0.3 is 5.11 Å². The van der Waals surface area contributed by atoms with Crippen LogP contribution in [0.1, 0.15) is 64.2 Å². The van der Waals surface area contributed by atoms with Gasteiger partial charge in [-0.3, -0.25) is 20.4 Å². The minimum Gasteiger partial charge on any atom is -0.392 e. The van der Waals surface area contributed by atoms with Crippen LogP contribution in [-0.4, -0.2) is 23.0 Å². The topological polar surface area (TPSA) is 78.4 Å². The van der Waals surface area contributed by atoms with Crippen molar-refractivity contribution in [2.75, 3.05) is 0 Å². The minimum absolute atomic E-state index is 0.128. The van der Waals surface area contributed by atoms with Crippen molar-refractivity contribution in [1.82, 2.24) is 10.9 Å². The largest absolute Gasteiger partial charge is 0.392 e. The van der Waals surface area contributed by atoms with E-state index in [1.807, 2.05) is 0 Å². The van der Waals surface area contributed by atoms with Crippen molar-refractivity contribution in [3.63, 3.8) is 0 Å². The molecule has 5 heteroatoms. The molecule has 2 atom stereocenters. The number of aliphatic hydroxyl groups is 1. The van der Waals surface area contributed by atoms with E-state index < -0.39 is 6.10 Å². The predicted octanol–water partition coefficient (Wildman–Crippen LogP) is 1.66. The van der Waals surface area contributed by atoms with Crippen LogP contribution in [0.2, 0.25) is 0 Å². The first kappa shape index (κ1) is 15.3. The second-order valence-electron chi connectivity index (χ2n) is 6.18. The molecule has 0 aromatic carbocycles. The third kappa shape index (κ3) is 4.47. The molecule has 2 fully saturated rings. The van der Waals surface area contributed by atoms with Crippen LogP contribution in [0, 0.1) is 11.8 Å². The molecule has 0 aromatic rings. The number of hydrazine groups is 1. The maximum Gasteiger partial charge on any atom is 0.244 e. The Bertz CT molecular complexity index is 340. The highest BCUT2D eigenvalue weighted by Crippen LogP contribution is 2.27. The number of hydrogen-bond acceptors (Lipinski definition) is 3. The average molecular weight is 282 g/mol. The van der Waals surface area contributed by atoms with Crippen molar-refractivity contribution < 1.29 is 14.7 Å². The molecule has 2 aliphatic rings. The zero-order valence-corrected chi connectivity index (χ0v) is 12.1. The summed E-state index contributed by atoms with van der Waals surface area (Å²) in [7, 11) is 0. The summed E-state index contributed by atoms with van der Waals surface area (Å²) < 4.78 is 0. The van der Waals surface area contributed by atoms with Gasteiger partial charge in [-0.1, -0.05) is 32.1 Å². The smallest absolute Gasteiger partial charge is 0.244 e. The summed E-state index contributed by atoms with van der Waals surface area (Å²) in [4.78, 5) is 23.5. The van der Waals surface area contributed by atoms with Crippen LogP contribution in [0.25, 0.3) is 0 Å². The molecule has 2 aliphatic carbocycles. The number of hydrogen-bond donors (Lipinski definition) is 3. The normalized spacial score (nSPS) is 27.2. The Labute approximate surface area is 120 Å². The molecule has 2 amide bonds. The van der Waals surface area contributed by atoms with Gasteiger partial charge in [0.15, 0.2) is 0 Å². The molecule has 0 radical (unpaired) electrons. The number of nitrogens with one attached hydrogen (secondary N) is 2. The molecule has 2 saturated carbocycles. The van der Waals surface area contributed by atoms with Gasteiger partial charge in [0.05, 0.1) is 12.0 Å². The molecule has 0 spiro atoms. The summed E-state index contributed by atoms with van der Waals surface area (Å²) in [5.41, 5.74) is 4.91. The number of carbonyl (C=O) groups excluding carboxylic acids is 2. The molecule has 3 N–H and O–H groups in total. The van der Waals surface area contributed by atoms with Crippen LogP contribution >= 0.6 is 0 Å². The van der Waals surface area contributed by atoms with Gasteiger partial charge in [-0.15, -0.1) is 0 Å². The monoisotopic (exact) mass is 282 g/mol. The minimum atomic E-state index is -0.561. The summed E-state index contributed by atoms with van der Waals surface area (Å²) in [6.45, 7) is 0. The van der Waals surface area contributed by atoms with Crippen LogP contribution in [0.3, 0.4) is 0 Å². The maximum absolute atomic E-state index is 11.8. The van der Waals surface area contributed by atoms with Crippen molar-refractivity contribution in [3.05, 3.63) is 0 Å². The Kier molecular flexibility index (Phi) is 5.83. The number of aliphatic hydroxyl groups excluding tert-OH is 1. The van der Waals surface area contributed by atoms with Gasteiger partial charge in [0.25, 0.3) is 0 Å². The number of rotatable bonds is 4. The van der Waals surface area contributed by atoms with E-state index in [2.05, 4.69) is 10.9 Å². The lowest BCUT2D eigenvalue weighted by Gasteiger charge is -2.21. The van der Waals surface area contributed by atoms with Crippen molar-refractivity contribution >= 4 is 11.8 Å². The van der Waals surface area contributed by atoms with Gasteiger partial charge in [0.1, 0.15) is 0 Å². The highest BCUT2D eigenvalue weighted by atomic mass is 16.3. The van der Waals surface area contributed by atoms with E-state index in [4.69, 9.17) is 0 Å². The van der Waals surface area contributed by atoms with Crippen LogP contribution in [0.5, 0.6) is 0 Å². The third-order valence-corrected chi connectivity index (χ3v) is 4.65. The van der Waals surface area contributed by atoms with Crippen molar-refractivity contribution in [3.8, 4) is 0 Å². The third-order valence-electron chi connectivity index (χ3n) is 4.65. The molecule has 114 valence electrons. The van der Waals surface area contributed by atoms with E-state index in [0.29, 0.717) is 25.2 Å². The first-order valence-electron chi connectivity index (χ1n) is 7.93. The van der Waals surface area contributed by atoms with Crippen LogP contribution in [0.4, 0.5) is 0 Å². The second-order valence-corrected chi connectivity index (χ2v) is 6.18. The van der Waals surface area contributed by atoms with Gasteiger partial charge >= 0.3 is 0 Å². The Morgan fingerprint density at radius 1 is 0.950 bits per heavy atom. The van der Waals surface area contributed by atoms with Gasteiger partial charge in [-0.2, -0.15) is 0 Å². The summed E-state index contributed by atoms with van der Waals surface area (Å²) in [6, 6.07) is 0. The molecule has 0 aliphatic heterocycles. The van der Waals surface area contributed by atoms with Gasteiger partial charge in [0, 0.05) is 6.42 Å². The van der Waals surface area contributed by atoms with E-state index in [1.165, 1.54) is 32.1 Å². The van der Waals surface area contributed by atoms with E-state index in [0.717, 1.165) is 12.8 Å². The first-order valence-corrected chi connectivity index (χ1v) is 7.93. The van der Waals surface area contributed by atoms with E-state index in [-0.39, 0.29) is 17.7 Å². The van der Waals surface area contributed by atoms with E-state index in [9.17, 15) is 14.7 Å². The van der Waals surface area contributed by atoms with Crippen LogP contribution < -0.4 is 10.9 Å². The van der Waals surface area contributed by atoms with E-state index in [1.54, 1.807) is 0 Å². The molecule has 20 heavy (non-hydrogen) atoms. The standard InChI is InChI=1S/C15H26N2O3/c18-13-8-4-7-12(13)15(20)17-16-14(19)10-9-11-5-2-1-3-6-11/h11-13,18H,1-10H2,(H,16,19)(H,17,20). The molecule has 0 saturated heterocycles. The zero-order chi connectivity index (χ0) is 14.4. The Hall–Kier alpha value is -1.10.